The highest BCUT2D eigenvalue weighted by atomic mass is 79.9. The van der Waals surface area contributed by atoms with E-state index in [0.717, 1.165) is 10.0 Å². The van der Waals surface area contributed by atoms with Crippen molar-refractivity contribution >= 4 is 43.8 Å². The van der Waals surface area contributed by atoms with E-state index >= 15 is 0 Å². The van der Waals surface area contributed by atoms with Gasteiger partial charge in [0.25, 0.3) is 0 Å². The Morgan fingerprint density at radius 2 is 1.62 bits per heavy atom. The Morgan fingerprint density at radius 1 is 1.00 bits per heavy atom. The third-order valence-electron chi connectivity index (χ3n) is 3.28. The normalized spacial score (nSPS) is 9.85. The molecule has 0 spiro atoms. The predicted molar refractivity (Wildman–Crippen MR) is 104 cm³/mol. The van der Waals surface area contributed by atoms with Crippen LogP contribution in [0, 0.1) is 0 Å². The number of hydrogen-bond acceptors (Lipinski definition) is 4. The average molecular weight is 490 g/mol. The molecule has 0 saturated heterocycles. The number of phenolic OH excluding ortho intramolecular Hbond substituents is 1. The first-order valence-corrected chi connectivity index (χ1v) is 9.20. The topological polar surface area (TPSA) is 104 Å². The molecule has 0 unspecified atom stereocenters. The van der Waals surface area contributed by atoms with E-state index in [-0.39, 0.29) is 11.3 Å². The lowest BCUT2D eigenvalue weighted by Crippen LogP contribution is -2.05. The van der Waals surface area contributed by atoms with Gasteiger partial charge >= 0.3 is 11.9 Å². The molecule has 8 heteroatoms. The van der Waals surface area contributed by atoms with Gasteiger partial charge in [-0.3, -0.25) is 0 Å². The summed E-state index contributed by atoms with van der Waals surface area (Å²) in [6.07, 6.45) is 0.635. The fourth-order valence-electron chi connectivity index (χ4n) is 2.10. The van der Waals surface area contributed by atoms with Crippen molar-refractivity contribution in [3.8, 4) is 11.5 Å². The molecule has 0 bridgehead atoms. The van der Waals surface area contributed by atoms with Gasteiger partial charge in [-0.15, -0.1) is 0 Å². The predicted octanol–water partition coefficient (Wildman–Crippen LogP) is 4.96. The minimum Gasteiger partial charge on any atom is -0.507 e. The summed E-state index contributed by atoms with van der Waals surface area (Å²) in [4.78, 5) is 21.3. The van der Waals surface area contributed by atoms with Gasteiger partial charge in [-0.1, -0.05) is 6.92 Å². The molecule has 2 rings (SSSR count). The molecule has 0 aromatic heterocycles. The van der Waals surface area contributed by atoms with Crippen molar-refractivity contribution in [2.24, 2.45) is 0 Å². The molecule has 2 aromatic carbocycles. The van der Waals surface area contributed by atoms with Gasteiger partial charge in [0.05, 0.1) is 26.7 Å². The average Bonchev–Trinajstić information content (AvgIpc) is 2.59. The van der Waals surface area contributed by atoms with Crippen molar-refractivity contribution in [1.82, 2.24) is 0 Å². The molecule has 0 aliphatic heterocycles. The van der Waals surface area contributed by atoms with E-state index in [1.54, 1.807) is 12.1 Å². The third kappa shape index (κ3) is 5.74. The highest BCUT2D eigenvalue weighted by Gasteiger charge is 2.16. The lowest BCUT2D eigenvalue weighted by molar-refractivity contribution is 0.0685. The second kappa shape index (κ2) is 10.2. The van der Waals surface area contributed by atoms with Gasteiger partial charge in [-0.05, 0) is 75.5 Å². The van der Waals surface area contributed by atoms with Crippen molar-refractivity contribution in [1.29, 1.82) is 0 Å². The van der Waals surface area contributed by atoms with Crippen molar-refractivity contribution in [3.05, 3.63) is 56.0 Å². The van der Waals surface area contributed by atoms with Crippen LogP contribution < -0.4 is 4.74 Å². The Morgan fingerprint density at radius 3 is 2.08 bits per heavy atom. The number of carboxylic acids is 2. The Labute approximate surface area is 167 Å². The molecule has 3 N–H and O–H groups in total. The number of halogens is 2. The molecule has 0 heterocycles. The highest BCUT2D eigenvalue weighted by Crippen LogP contribution is 2.32. The molecular weight excluding hydrogens is 472 g/mol. The third-order valence-corrected chi connectivity index (χ3v) is 4.57. The summed E-state index contributed by atoms with van der Waals surface area (Å²) >= 11 is 6.39. The molecule has 6 nitrogen and oxygen atoms in total. The van der Waals surface area contributed by atoms with Crippen molar-refractivity contribution in [3.63, 3.8) is 0 Å². The number of aromatic hydroxyl groups is 1. The van der Waals surface area contributed by atoms with Gasteiger partial charge in [-0.2, -0.15) is 0 Å². The molecule has 0 atom stereocenters. The maximum atomic E-state index is 11.0. The Kier molecular flexibility index (Phi) is 8.60. The summed E-state index contributed by atoms with van der Waals surface area (Å²) in [5.74, 6) is -1.39. The standard InChI is InChI=1S/C11H13BrO3.C7H5BrO3/c1-3-7-8(11(13)14)5-6-9(12)10(7)15-4-2;8-5-2-1-4(7(10)11)3-6(5)9/h5-6H,3-4H2,1-2H3,(H,13,14);1-3,9H,(H,10,11). The molecule has 0 aliphatic rings. The second-order valence-corrected chi connectivity index (χ2v) is 6.67. The number of ether oxygens (including phenoxy) is 1. The van der Waals surface area contributed by atoms with Crippen LogP contribution in [0.4, 0.5) is 0 Å². The molecular formula is C18H18Br2O6. The fraction of sp³-hybridized carbons (Fsp3) is 0.222. The van der Waals surface area contributed by atoms with Gasteiger partial charge in [0, 0.05) is 5.56 Å². The van der Waals surface area contributed by atoms with Crippen LogP contribution in [-0.4, -0.2) is 33.9 Å². The van der Waals surface area contributed by atoms with E-state index in [0.29, 0.717) is 28.8 Å². The number of rotatable bonds is 5. The van der Waals surface area contributed by atoms with Crippen LogP contribution in [0.2, 0.25) is 0 Å². The first-order chi connectivity index (χ1) is 12.2. The minimum atomic E-state index is -1.05. The number of hydrogen-bond donors (Lipinski definition) is 3. The van der Waals surface area contributed by atoms with Gasteiger partial charge in [0.1, 0.15) is 11.5 Å². The van der Waals surface area contributed by atoms with E-state index in [1.165, 1.54) is 18.2 Å². The smallest absolute Gasteiger partial charge is 0.336 e. The maximum absolute atomic E-state index is 11.0. The molecule has 26 heavy (non-hydrogen) atoms. The molecule has 140 valence electrons. The number of benzene rings is 2. The van der Waals surface area contributed by atoms with E-state index in [2.05, 4.69) is 31.9 Å². The zero-order valence-corrected chi connectivity index (χ0v) is 17.3. The molecule has 2 aromatic rings. The highest BCUT2D eigenvalue weighted by molar-refractivity contribution is 9.10. The number of carbonyl (C=O) groups is 2. The summed E-state index contributed by atoms with van der Waals surface area (Å²) in [6.45, 7) is 4.31. The Balaban J connectivity index is 0.000000273. The first kappa shape index (κ1) is 22.0. The Bertz CT molecular complexity index is 805. The molecule has 0 fully saturated rings. The van der Waals surface area contributed by atoms with E-state index < -0.39 is 11.9 Å². The van der Waals surface area contributed by atoms with Crippen LogP contribution in [0.3, 0.4) is 0 Å². The quantitative estimate of drug-likeness (QED) is 0.548. The van der Waals surface area contributed by atoms with Crippen LogP contribution in [0.15, 0.2) is 39.3 Å². The van der Waals surface area contributed by atoms with Gasteiger partial charge in [-0.25, -0.2) is 9.59 Å². The van der Waals surface area contributed by atoms with Crippen LogP contribution in [-0.2, 0) is 6.42 Å². The Hall–Kier alpha value is -2.06. The zero-order chi connectivity index (χ0) is 19.9. The summed E-state index contributed by atoms with van der Waals surface area (Å²) in [7, 11) is 0. The van der Waals surface area contributed by atoms with Gasteiger partial charge in [0.15, 0.2) is 0 Å². The van der Waals surface area contributed by atoms with E-state index in [1.807, 2.05) is 13.8 Å². The molecule has 0 saturated carbocycles. The minimum absolute atomic E-state index is 0.0649. The summed E-state index contributed by atoms with van der Waals surface area (Å²) < 4.78 is 6.73. The monoisotopic (exact) mass is 488 g/mol. The molecule has 0 amide bonds. The maximum Gasteiger partial charge on any atom is 0.336 e. The largest absolute Gasteiger partial charge is 0.507 e. The summed E-state index contributed by atoms with van der Waals surface area (Å²) in [6, 6.07) is 7.37. The number of aromatic carboxylic acids is 2. The number of carboxylic acid groups (broad SMARTS) is 2. The SMILES string of the molecule is CCOc1c(Br)ccc(C(=O)O)c1CC.O=C(O)c1ccc(Br)c(O)c1. The van der Waals surface area contributed by atoms with Gasteiger partial charge < -0.3 is 20.1 Å². The van der Waals surface area contributed by atoms with Crippen molar-refractivity contribution in [2.45, 2.75) is 20.3 Å². The second-order valence-electron chi connectivity index (χ2n) is 4.97. The van der Waals surface area contributed by atoms with E-state index in [9.17, 15) is 9.59 Å². The number of phenols is 1. The van der Waals surface area contributed by atoms with Crippen LogP contribution in [0.5, 0.6) is 11.5 Å². The van der Waals surface area contributed by atoms with E-state index in [4.69, 9.17) is 20.1 Å². The summed E-state index contributed by atoms with van der Waals surface area (Å²) in [5, 5.41) is 26.5. The fourth-order valence-corrected chi connectivity index (χ4v) is 2.83. The lowest BCUT2D eigenvalue weighted by Gasteiger charge is -2.13. The summed E-state index contributed by atoms with van der Waals surface area (Å²) in [5.41, 5.74) is 1.12. The molecule has 0 radical (unpaired) electrons. The van der Waals surface area contributed by atoms with Crippen molar-refractivity contribution < 1.29 is 29.6 Å². The lowest BCUT2D eigenvalue weighted by atomic mass is 10.0. The van der Waals surface area contributed by atoms with Gasteiger partial charge in [0.2, 0.25) is 0 Å². The zero-order valence-electron chi connectivity index (χ0n) is 14.1. The van der Waals surface area contributed by atoms with Crippen LogP contribution in [0.25, 0.3) is 0 Å². The van der Waals surface area contributed by atoms with Crippen LogP contribution >= 0.6 is 31.9 Å². The van der Waals surface area contributed by atoms with Crippen LogP contribution in [0.1, 0.15) is 40.1 Å². The first-order valence-electron chi connectivity index (χ1n) is 7.62. The van der Waals surface area contributed by atoms with Crippen molar-refractivity contribution in [2.75, 3.05) is 6.61 Å². The molecule has 0 aliphatic carbocycles.